The van der Waals surface area contributed by atoms with Gasteiger partial charge < -0.3 is 9.47 Å². The van der Waals surface area contributed by atoms with E-state index in [1.165, 1.54) is 39.2 Å². The van der Waals surface area contributed by atoms with Gasteiger partial charge in [-0.2, -0.15) is 0 Å². The van der Waals surface area contributed by atoms with Gasteiger partial charge in [0.25, 0.3) is 0 Å². The van der Waals surface area contributed by atoms with E-state index >= 15 is 0 Å². The lowest BCUT2D eigenvalue weighted by Gasteiger charge is -2.30. The van der Waals surface area contributed by atoms with Crippen molar-refractivity contribution in [1.29, 1.82) is 0 Å². The minimum Gasteiger partial charge on any atom is -0.493 e. The standard InChI is InChI=1S/C17H28N2O4S/c1-13(2)15(19-9-5-6-10-19)12-18-24(20,21)14-7-8-16(22-3)17(11-14)23-4/h7-8,11,13,15,18H,5-6,9-10,12H2,1-4H3. The van der Waals surface area contributed by atoms with Crippen molar-refractivity contribution in [1.82, 2.24) is 9.62 Å². The van der Waals surface area contributed by atoms with E-state index in [9.17, 15) is 8.42 Å². The number of nitrogens with zero attached hydrogens (tertiary/aromatic N) is 1. The maximum Gasteiger partial charge on any atom is 0.240 e. The molecule has 0 aromatic heterocycles. The normalized spacial score (nSPS) is 17.2. The van der Waals surface area contributed by atoms with Gasteiger partial charge >= 0.3 is 0 Å². The predicted molar refractivity (Wildman–Crippen MR) is 94.2 cm³/mol. The van der Waals surface area contributed by atoms with Crippen molar-refractivity contribution in [3.63, 3.8) is 0 Å². The highest BCUT2D eigenvalue weighted by atomic mass is 32.2. The number of benzene rings is 1. The zero-order chi connectivity index (χ0) is 17.7. The van der Waals surface area contributed by atoms with Crippen molar-refractivity contribution < 1.29 is 17.9 Å². The fourth-order valence-corrected chi connectivity index (χ4v) is 4.19. The third-order valence-corrected chi connectivity index (χ3v) is 5.95. The molecule has 1 aliphatic rings. The topological polar surface area (TPSA) is 67.9 Å². The van der Waals surface area contributed by atoms with E-state index < -0.39 is 10.0 Å². The summed E-state index contributed by atoms with van der Waals surface area (Å²) in [5, 5.41) is 0. The largest absolute Gasteiger partial charge is 0.493 e. The second kappa shape index (κ2) is 8.18. The molecule has 1 fully saturated rings. The molecule has 1 heterocycles. The SMILES string of the molecule is COc1ccc(S(=O)(=O)NCC(C(C)C)N2CCCC2)cc1OC. The number of ether oxygens (including phenoxy) is 2. The van der Waals surface area contributed by atoms with Crippen LogP contribution in [0.3, 0.4) is 0 Å². The summed E-state index contributed by atoms with van der Waals surface area (Å²) in [5.41, 5.74) is 0. The molecule has 1 aromatic carbocycles. The summed E-state index contributed by atoms with van der Waals surface area (Å²) in [7, 11) is -0.577. The first kappa shape index (κ1) is 19.0. The Morgan fingerprint density at radius 1 is 1.12 bits per heavy atom. The molecule has 0 radical (unpaired) electrons. The first-order chi connectivity index (χ1) is 11.4. The third-order valence-electron chi connectivity index (χ3n) is 4.53. The van der Waals surface area contributed by atoms with Crippen molar-refractivity contribution in [2.45, 2.75) is 37.6 Å². The first-order valence-electron chi connectivity index (χ1n) is 8.34. The highest BCUT2D eigenvalue weighted by Gasteiger charge is 2.26. The quantitative estimate of drug-likeness (QED) is 0.773. The van der Waals surface area contributed by atoms with Crippen molar-refractivity contribution in [2.24, 2.45) is 5.92 Å². The van der Waals surface area contributed by atoms with Gasteiger partial charge in [-0.1, -0.05) is 13.8 Å². The van der Waals surface area contributed by atoms with Gasteiger partial charge in [-0.25, -0.2) is 13.1 Å². The summed E-state index contributed by atoms with van der Waals surface area (Å²) in [6.07, 6.45) is 2.37. The molecule has 0 spiro atoms. The number of nitrogens with one attached hydrogen (secondary N) is 1. The molecule has 0 bridgehead atoms. The highest BCUT2D eigenvalue weighted by Crippen LogP contribution is 2.29. The van der Waals surface area contributed by atoms with Crippen LogP contribution in [0, 0.1) is 5.92 Å². The Morgan fingerprint density at radius 3 is 2.29 bits per heavy atom. The zero-order valence-electron chi connectivity index (χ0n) is 14.9. The Balaban J connectivity index is 2.12. The third kappa shape index (κ3) is 4.40. The number of sulfonamides is 1. The molecule has 0 amide bonds. The molecule has 1 atom stereocenters. The Kier molecular flexibility index (Phi) is 6.48. The second-order valence-electron chi connectivity index (χ2n) is 6.42. The molecule has 1 saturated heterocycles. The van der Waals surface area contributed by atoms with Gasteiger partial charge in [0, 0.05) is 18.7 Å². The molecule has 1 aliphatic heterocycles. The Hall–Kier alpha value is -1.31. The Labute approximate surface area is 145 Å². The van der Waals surface area contributed by atoms with Crippen LogP contribution in [0.4, 0.5) is 0 Å². The van der Waals surface area contributed by atoms with Crippen molar-refractivity contribution >= 4 is 10.0 Å². The van der Waals surface area contributed by atoms with Crippen LogP contribution in [0.2, 0.25) is 0 Å². The first-order valence-corrected chi connectivity index (χ1v) is 9.83. The maximum absolute atomic E-state index is 12.6. The smallest absolute Gasteiger partial charge is 0.240 e. The minimum atomic E-state index is -3.59. The fraction of sp³-hybridized carbons (Fsp3) is 0.647. The average Bonchev–Trinajstić information content (AvgIpc) is 3.08. The monoisotopic (exact) mass is 356 g/mol. The summed E-state index contributed by atoms with van der Waals surface area (Å²) >= 11 is 0. The van der Waals surface area contributed by atoms with Gasteiger partial charge in [-0.05, 0) is 44.0 Å². The van der Waals surface area contributed by atoms with Crippen LogP contribution in [0.25, 0.3) is 0 Å². The summed E-state index contributed by atoms with van der Waals surface area (Å²) in [5.74, 6) is 1.30. The number of rotatable bonds is 8. The van der Waals surface area contributed by atoms with Crippen LogP contribution in [0.1, 0.15) is 26.7 Å². The molecular weight excluding hydrogens is 328 g/mol. The van der Waals surface area contributed by atoms with Gasteiger partial charge in [0.2, 0.25) is 10.0 Å². The molecule has 136 valence electrons. The lowest BCUT2D eigenvalue weighted by Crippen LogP contribution is -2.45. The molecule has 1 aromatic rings. The highest BCUT2D eigenvalue weighted by molar-refractivity contribution is 7.89. The van der Waals surface area contributed by atoms with E-state index in [4.69, 9.17) is 9.47 Å². The van der Waals surface area contributed by atoms with Gasteiger partial charge in [0.05, 0.1) is 19.1 Å². The number of likely N-dealkylation sites (tertiary alicyclic amines) is 1. The number of hydrogen-bond donors (Lipinski definition) is 1. The lowest BCUT2D eigenvalue weighted by molar-refractivity contribution is 0.193. The van der Waals surface area contributed by atoms with Gasteiger partial charge in [-0.15, -0.1) is 0 Å². The van der Waals surface area contributed by atoms with E-state index in [0.29, 0.717) is 24.0 Å². The molecule has 0 aliphatic carbocycles. The van der Waals surface area contributed by atoms with Gasteiger partial charge in [0.15, 0.2) is 11.5 Å². The molecule has 6 nitrogen and oxygen atoms in total. The molecular formula is C17H28N2O4S. The summed E-state index contributed by atoms with van der Waals surface area (Å²) in [4.78, 5) is 2.56. The van der Waals surface area contributed by atoms with E-state index in [0.717, 1.165) is 13.1 Å². The van der Waals surface area contributed by atoms with E-state index in [-0.39, 0.29) is 10.9 Å². The van der Waals surface area contributed by atoms with E-state index in [1.807, 2.05) is 0 Å². The van der Waals surface area contributed by atoms with Crippen molar-refractivity contribution in [3.8, 4) is 11.5 Å². The predicted octanol–water partition coefficient (Wildman–Crippen LogP) is 2.10. The number of hydrogen-bond acceptors (Lipinski definition) is 5. The summed E-state index contributed by atoms with van der Waals surface area (Å²) in [6.45, 7) is 6.76. The Morgan fingerprint density at radius 2 is 1.75 bits per heavy atom. The van der Waals surface area contributed by atoms with Crippen LogP contribution in [0.15, 0.2) is 23.1 Å². The maximum atomic E-state index is 12.6. The molecule has 24 heavy (non-hydrogen) atoms. The second-order valence-corrected chi connectivity index (χ2v) is 8.19. The van der Waals surface area contributed by atoms with Crippen molar-refractivity contribution in [3.05, 3.63) is 18.2 Å². The van der Waals surface area contributed by atoms with E-state index in [1.54, 1.807) is 6.07 Å². The van der Waals surface area contributed by atoms with Crippen molar-refractivity contribution in [2.75, 3.05) is 33.9 Å². The Bertz CT molecular complexity index is 640. The number of methoxy groups -OCH3 is 2. The fourth-order valence-electron chi connectivity index (χ4n) is 3.12. The van der Waals surface area contributed by atoms with Gasteiger partial charge in [-0.3, -0.25) is 4.90 Å². The molecule has 0 saturated carbocycles. The minimum absolute atomic E-state index is 0.184. The summed E-state index contributed by atoms with van der Waals surface area (Å²) < 4.78 is 38.3. The molecule has 2 rings (SSSR count). The van der Waals surface area contributed by atoms with Crippen LogP contribution >= 0.6 is 0 Å². The van der Waals surface area contributed by atoms with Crippen LogP contribution < -0.4 is 14.2 Å². The molecule has 1 unspecified atom stereocenters. The van der Waals surface area contributed by atoms with E-state index in [2.05, 4.69) is 23.5 Å². The lowest BCUT2D eigenvalue weighted by atomic mass is 10.0. The van der Waals surface area contributed by atoms with Crippen LogP contribution in [0.5, 0.6) is 11.5 Å². The zero-order valence-corrected chi connectivity index (χ0v) is 15.7. The van der Waals surface area contributed by atoms with Crippen LogP contribution in [-0.4, -0.2) is 53.2 Å². The summed E-state index contributed by atoms with van der Waals surface area (Å²) in [6, 6.07) is 4.83. The molecule has 1 N–H and O–H groups in total. The molecule has 7 heteroatoms. The van der Waals surface area contributed by atoms with Crippen LogP contribution in [-0.2, 0) is 10.0 Å². The van der Waals surface area contributed by atoms with Gasteiger partial charge in [0.1, 0.15) is 0 Å². The average molecular weight is 356 g/mol.